The summed E-state index contributed by atoms with van der Waals surface area (Å²) in [6, 6.07) is 5.57. The molecular weight excluding hydrogens is 388 g/mol. The van der Waals surface area contributed by atoms with Crippen LogP contribution in [0.3, 0.4) is 0 Å². The fourth-order valence-corrected chi connectivity index (χ4v) is 5.10. The first-order valence-electron chi connectivity index (χ1n) is 11.9. The highest BCUT2D eigenvalue weighted by Gasteiger charge is 2.32. The van der Waals surface area contributed by atoms with E-state index in [9.17, 15) is 4.79 Å². The van der Waals surface area contributed by atoms with Crippen molar-refractivity contribution in [2.75, 3.05) is 13.2 Å². The molecule has 31 heavy (non-hydrogen) atoms. The van der Waals surface area contributed by atoms with Crippen LogP contribution in [0.4, 0.5) is 0 Å². The molecule has 0 aliphatic heterocycles. The normalized spacial score (nSPS) is 26.1. The van der Waals surface area contributed by atoms with Crippen LogP contribution in [0.15, 0.2) is 43.5 Å². The molecule has 2 fully saturated rings. The first-order chi connectivity index (χ1) is 15.1. The van der Waals surface area contributed by atoms with Gasteiger partial charge in [0, 0.05) is 0 Å². The van der Waals surface area contributed by atoms with Crippen molar-refractivity contribution in [2.45, 2.75) is 76.9 Å². The average Bonchev–Trinajstić information content (AvgIpc) is 2.82. The zero-order valence-electron chi connectivity index (χ0n) is 19.0. The number of carbonyl (C=O) groups excluding carboxylic acids is 1. The van der Waals surface area contributed by atoms with Crippen LogP contribution >= 0.6 is 0 Å². The Labute approximate surface area is 187 Å². The predicted octanol–water partition coefficient (Wildman–Crippen LogP) is 6.29. The van der Waals surface area contributed by atoms with Gasteiger partial charge in [0.25, 0.3) is 0 Å². The Hall–Kier alpha value is -2.07. The number of benzene rings is 1. The van der Waals surface area contributed by atoms with Gasteiger partial charge in [-0.3, -0.25) is 0 Å². The van der Waals surface area contributed by atoms with Gasteiger partial charge in [0.2, 0.25) is 0 Å². The predicted molar refractivity (Wildman–Crippen MR) is 125 cm³/mol. The largest absolute Gasteiger partial charge is 0.489 e. The van der Waals surface area contributed by atoms with E-state index < -0.39 is 0 Å². The third-order valence-corrected chi connectivity index (χ3v) is 6.86. The van der Waals surface area contributed by atoms with Crippen molar-refractivity contribution in [1.82, 2.24) is 0 Å². The Morgan fingerprint density at radius 1 is 0.935 bits per heavy atom. The van der Waals surface area contributed by atoms with E-state index in [1.807, 2.05) is 18.2 Å². The van der Waals surface area contributed by atoms with Gasteiger partial charge in [-0.05, 0) is 93.4 Å². The number of ether oxygens (including phenoxy) is 3. The quantitative estimate of drug-likeness (QED) is 0.326. The van der Waals surface area contributed by atoms with Crippen LogP contribution in [0.25, 0.3) is 0 Å². The van der Waals surface area contributed by atoms with Gasteiger partial charge in [-0.15, -0.1) is 6.58 Å². The molecule has 4 heteroatoms. The first kappa shape index (κ1) is 23.6. The Morgan fingerprint density at radius 3 is 2.13 bits per heavy atom. The molecule has 4 nitrogen and oxygen atoms in total. The minimum atomic E-state index is -0.215. The van der Waals surface area contributed by atoms with Crippen LogP contribution in [0.2, 0.25) is 0 Å². The maximum absolute atomic E-state index is 12.7. The van der Waals surface area contributed by atoms with Crippen molar-refractivity contribution in [1.29, 1.82) is 0 Å². The minimum absolute atomic E-state index is 0.0396. The smallest absolute Gasteiger partial charge is 0.338 e. The number of rotatable bonds is 10. The molecule has 3 rings (SSSR count). The molecule has 1 aromatic carbocycles. The van der Waals surface area contributed by atoms with Crippen LogP contribution < -0.4 is 4.74 Å². The molecule has 0 unspecified atom stereocenters. The minimum Gasteiger partial charge on any atom is -0.489 e. The van der Waals surface area contributed by atoms with E-state index in [4.69, 9.17) is 14.2 Å². The molecule has 2 aliphatic rings. The lowest BCUT2D eigenvalue weighted by atomic mass is 9.72. The van der Waals surface area contributed by atoms with Gasteiger partial charge in [-0.2, -0.15) is 0 Å². The van der Waals surface area contributed by atoms with Gasteiger partial charge in [0.1, 0.15) is 18.5 Å². The molecule has 0 aromatic heterocycles. The lowest BCUT2D eigenvalue weighted by molar-refractivity contribution is 0.000886. The zero-order chi connectivity index (χ0) is 22.1. The molecule has 0 atom stereocenters. The van der Waals surface area contributed by atoms with Crippen LogP contribution in [0, 0.1) is 11.8 Å². The maximum atomic E-state index is 12.7. The molecule has 0 amide bonds. The third-order valence-electron chi connectivity index (χ3n) is 6.86. The number of hydrogen-bond donors (Lipinski definition) is 0. The summed E-state index contributed by atoms with van der Waals surface area (Å²) in [4.78, 5) is 12.7. The van der Waals surface area contributed by atoms with Gasteiger partial charge < -0.3 is 14.2 Å². The van der Waals surface area contributed by atoms with Crippen molar-refractivity contribution in [3.05, 3.63) is 54.6 Å². The molecular formula is C27H38O4. The van der Waals surface area contributed by atoms with E-state index in [-0.39, 0.29) is 12.1 Å². The van der Waals surface area contributed by atoms with E-state index in [0.29, 0.717) is 24.9 Å². The topological polar surface area (TPSA) is 44.8 Å². The molecule has 0 heterocycles. The van der Waals surface area contributed by atoms with Gasteiger partial charge in [0.05, 0.1) is 18.3 Å². The summed E-state index contributed by atoms with van der Waals surface area (Å²) in [6.07, 6.45) is 13.9. The van der Waals surface area contributed by atoms with E-state index in [1.54, 1.807) is 12.1 Å². The van der Waals surface area contributed by atoms with Crippen molar-refractivity contribution in [3.8, 4) is 5.75 Å². The third kappa shape index (κ3) is 6.70. The second kappa shape index (κ2) is 12.1. The van der Waals surface area contributed by atoms with Crippen LogP contribution in [0.5, 0.6) is 5.75 Å². The number of hydrogen-bond acceptors (Lipinski definition) is 4. The standard InChI is InChI=1S/C27H38O4/c1-4-17-29-24-12-7-21(8-13-24)22-9-14-25(15-10-22)31-27(28)23-11-16-26(30-18-5-2)20(6-3)19-23/h4-5,11,16,19,21-22,24-25H,1-2,6-10,12-15,17-18H2,3H3. The molecule has 0 N–H and O–H groups in total. The van der Waals surface area contributed by atoms with E-state index in [2.05, 4.69) is 20.1 Å². The molecule has 0 radical (unpaired) electrons. The second-order valence-electron chi connectivity index (χ2n) is 8.88. The highest BCUT2D eigenvalue weighted by atomic mass is 16.5. The zero-order valence-corrected chi connectivity index (χ0v) is 19.0. The molecule has 0 spiro atoms. The fraction of sp³-hybridized carbons (Fsp3) is 0.593. The fourth-order valence-electron chi connectivity index (χ4n) is 5.10. The van der Waals surface area contributed by atoms with Crippen LogP contribution in [-0.2, 0) is 15.9 Å². The molecule has 170 valence electrons. The second-order valence-corrected chi connectivity index (χ2v) is 8.88. The van der Waals surface area contributed by atoms with Crippen molar-refractivity contribution in [2.24, 2.45) is 11.8 Å². The lowest BCUT2D eigenvalue weighted by Crippen LogP contribution is -2.31. The SMILES string of the molecule is C=CCOc1ccc(C(=O)OC2CCC(C3CCC(OCC=C)CC3)CC2)cc1CC. The summed E-state index contributed by atoms with van der Waals surface area (Å²) in [5.41, 5.74) is 1.63. The molecule has 2 aliphatic carbocycles. The van der Waals surface area contributed by atoms with Crippen LogP contribution in [0.1, 0.15) is 74.2 Å². The van der Waals surface area contributed by atoms with Gasteiger partial charge in [-0.1, -0.05) is 25.7 Å². The summed E-state index contributed by atoms with van der Waals surface area (Å²) in [6.45, 7) is 10.6. The monoisotopic (exact) mass is 426 g/mol. The number of aryl methyl sites for hydroxylation is 1. The Balaban J connectivity index is 1.45. The van der Waals surface area contributed by atoms with Crippen LogP contribution in [-0.4, -0.2) is 31.4 Å². The summed E-state index contributed by atoms with van der Waals surface area (Å²) < 4.78 is 17.4. The van der Waals surface area contributed by atoms with E-state index in [0.717, 1.165) is 55.3 Å². The van der Waals surface area contributed by atoms with Gasteiger partial charge >= 0.3 is 5.97 Å². The van der Waals surface area contributed by atoms with E-state index >= 15 is 0 Å². The summed E-state index contributed by atoms with van der Waals surface area (Å²) in [5, 5.41) is 0. The molecule has 1 aromatic rings. The van der Waals surface area contributed by atoms with Crippen molar-refractivity contribution >= 4 is 5.97 Å². The highest BCUT2D eigenvalue weighted by molar-refractivity contribution is 5.90. The maximum Gasteiger partial charge on any atom is 0.338 e. The number of esters is 1. The van der Waals surface area contributed by atoms with Gasteiger partial charge in [-0.25, -0.2) is 4.79 Å². The molecule has 0 saturated heterocycles. The van der Waals surface area contributed by atoms with Crippen molar-refractivity contribution in [3.63, 3.8) is 0 Å². The Bertz CT molecular complexity index is 725. The van der Waals surface area contributed by atoms with Crippen molar-refractivity contribution < 1.29 is 19.0 Å². The lowest BCUT2D eigenvalue weighted by Gasteiger charge is -2.37. The van der Waals surface area contributed by atoms with E-state index in [1.165, 1.54) is 25.7 Å². The molecule has 0 bridgehead atoms. The molecule has 2 saturated carbocycles. The summed E-state index contributed by atoms with van der Waals surface area (Å²) in [5.74, 6) is 2.16. The summed E-state index contributed by atoms with van der Waals surface area (Å²) in [7, 11) is 0. The number of carbonyl (C=O) groups is 1. The highest BCUT2D eigenvalue weighted by Crippen LogP contribution is 2.39. The summed E-state index contributed by atoms with van der Waals surface area (Å²) >= 11 is 0. The average molecular weight is 427 g/mol. The van der Waals surface area contributed by atoms with Gasteiger partial charge in [0.15, 0.2) is 0 Å². The first-order valence-corrected chi connectivity index (χ1v) is 11.9. The Kier molecular flexibility index (Phi) is 9.20. The Morgan fingerprint density at radius 2 is 1.55 bits per heavy atom.